The lowest BCUT2D eigenvalue weighted by atomic mass is 10.2. The van der Waals surface area contributed by atoms with Gasteiger partial charge in [0.15, 0.2) is 0 Å². The first-order valence-electron chi connectivity index (χ1n) is 8.46. The second kappa shape index (κ2) is 6.90. The summed E-state index contributed by atoms with van der Waals surface area (Å²) in [4.78, 5) is 23.5. The van der Waals surface area contributed by atoms with Crippen molar-refractivity contribution < 1.29 is 13.6 Å². The van der Waals surface area contributed by atoms with E-state index in [-0.39, 0.29) is 11.7 Å². The Hall–Kier alpha value is -3.10. The number of carbonyl (C=O) groups excluding carboxylic acids is 1. The van der Waals surface area contributed by atoms with Crippen molar-refractivity contribution in [1.29, 1.82) is 0 Å². The average Bonchev–Trinajstić information content (AvgIpc) is 2.98. The van der Waals surface area contributed by atoms with E-state index in [0.717, 1.165) is 24.3 Å². The van der Waals surface area contributed by atoms with Gasteiger partial charge in [0.25, 0.3) is 0 Å². The van der Waals surface area contributed by atoms with Crippen LogP contribution >= 0.6 is 0 Å². The zero-order valence-corrected chi connectivity index (χ0v) is 15.5. The van der Waals surface area contributed by atoms with Crippen LogP contribution in [0.25, 0.3) is 16.7 Å². The van der Waals surface area contributed by atoms with Gasteiger partial charge in [0.1, 0.15) is 17.5 Å². The molecule has 3 rings (SSSR count). The molecule has 3 aromatic rings. The molecule has 7 nitrogen and oxygen atoms in total. The minimum absolute atomic E-state index is 0.247. The maximum atomic E-state index is 13.8. The monoisotopic (exact) mass is 374 g/mol. The van der Waals surface area contributed by atoms with Crippen molar-refractivity contribution in [2.75, 3.05) is 17.7 Å². The molecule has 1 amide bonds. The predicted molar refractivity (Wildman–Crippen MR) is 99.5 cm³/mol. The second-order valence-electron chi connectivity index (χ2n) is 6.22. The Morgan fingerprint density at radius 3 is 2.59 bits per heavy atom. The van der Waals surface area contributed by atoms with Crippen molar-refractivity contribution >= 4 is 28.4 Å². The van der Waals surface area contributed by atoms with Gasteiger partial charge >= 0.3 is 5.92 Å². The highest BCUT2D eigenvalue weighted by atomic mass is 19.3. The second-order valence-corrected chi connectivity index (χ2v) is 6.22. The van der Waals surface area contributed by atoms with Gasteiger partial charge in [0.2, 0.25) is 11.7 Å². The van der Waals surface area contributed by atoms with Crippen LogP contribution in [0.2, 0.25) is 0 Å². The number of nitrogens with zero attached hydrogens (tertiary/aromatic N) is 4. The third-order valence-corrected chi connectivity index (χ3v) is 4.07. The standard InChI is InChI=1S/C18H20F2N6O/c1-5-11-9-26(13-6-15(23-10(2)27)22-8-12(11)13)16-7-14(21-4)24-17(25-16)18(3,19)20/h6-9H,5H2,1-4H3,(H,21,24,25)(H,22,23,27). The Labute approximate surface area is 154 Å². The van der Waals surface area contributed by atoms with Crippen LogP contribution in [0.4, 0.5) is 20.4 Å². The molecule has 9 heteroatoms. The summed E-state index contributed by atoms with van der Waals surface area (Å²) in [6.07, 6.45) is 4.22. The molecule has 0 unspecified atom stereocenters. The van der Waals surface area contributed by atoms with Crippen LogP contribution in [-0.2, 0) is 17.1 Å². The van der Waals surface area contributed by atoms with Gasteiger partial charge < -0.3 is 15.2 Å². The highest BCUT2D eigenvalue weighted by Crippen LogP contribution is 2.29. The number of aromatic nitrogens is 4. The highest BCUT2D eigenvalue weighted by molar-refractivity contribution is 5.92. The molecule has 3 heterocycles. The highest BCUT2D eigenvalue weighted by Gasteiger charge is 2.29. The van der Waals surface area contributed by atoms with E-state index in [4.69, 9.17) is 0 Å². The van der Waals surface area contributed by atoms with Gasteiger partial charge in [0, 0.05) is 50.8 Å². The molecule has 0 saturated carbocycles. The smallest absolute Gasteiger partial charge is 0.303 e. The summed E-state index contributed by atoms with van der Waals surface area (Å²) in [6, 6.07) is 3.29. The van der Waals surface area contributed by atoms with E-state index >= 15 is 0 Å². The zero-order valence-electron chi connectivity index (χ0n) is 15.5. The first-order valence-corrected chi connectivity index (χ1v) is 8.46. The number of rotatable bonds is 5. The summed E-state index contributed by atoms with van der Waals surface area (Å²) in [6.45, 7) is 4.14. The molecule has 0 radical (unpaired) electrons. The molecule has 0 aliphatic heterocycles. The van der Waals surface area contributed by atoms with Gasteiger partial charge in [-0.05, 0) is 12.0 Å². The van der Waals surface area contributed by atoms with Crippen LogP contribution in [0.5, 0.6) is 0 Å². The third kappa shape index (κ3) is 3.71. The Kier molecular flexibility index (Phi) is 4.77. The fourth-order valence-corrected chi connectivity index (χ4v) is 2.79. The van der Waals surface area contributed by atoms with Gasteiger partial charge in [-0.15, -0.1) is 0 Å². The minimum atomic E-state index is -3.18. The molecule has 0 aromatic carbocycles. The number of fused-ring (bicyclic) bond motifs is 1. The van der Waals surface area contributed by atoms with Crippen LogP contribution in [-0.4, -0.2) is 32.5 Å². The number of anilines is 2. The van der Waals surface area contributed by atoms with Gasteiger partial charge in [0.05, 0.1) is 5.52 Å². The van der Waals surface area contributed by atoms with Crippen LogP contribution in [0.3, 0.4) is 0 Å². The van der Waals surface area contributed by atoms with E-state index in [1.807, 2.05) is 13.1 Å². The Balaban J connectivity index is 2.25. The van der Waals surface area contributed by atoms with E-state index in [9.17, 15) is 13.6 Å². The first kappa shape index (κ1) is 18.7. The number of nitrogens with one attached hydrogen (secondary N) is 2. The molecule has 0 aliphatic carbocycles. The molecular formula is C18H20F2N6O. The molecule has 142 valence electrons. The molecule has 2 N–H and O–H groups in total. The number of carbonyl (C=O) groups is 1. The largest absolute Gasteiger partial charge is 0.373 e. The molecular weight excluding hydrogens is 354 g/mol. The number of aryl methyl sites for hydroxylation is 1. The molecule has 0 fully saturated rings. The summed E-state index contributed by atoms with van der Waals surface area (Å²) >= 11 is 0. The predicted octanol–water partition coefficient (Wildman–Crippen LogP) is 3.49. The van der Waals surface area contributed by atoms with Gasteiger partial charge in [-0.25, -0.2) is 15.0 Å². The maximum absolute atomic E-state index is 13.8. The minimum Gasteiger partial charge on any atom is -0.373 e. The van der Waals surface area contributed by atoms with E-state index in [1.165, 1.54) is 6.92 Å². The molecule has 0 aliphatic rings. The Bertz CT molecular complexity index is 1010. The Morgan fingerprint density at radius 1 is 1.26 bits per heavy atom. The number of hydrogen-bond donors (Lipinski definition) is 2. The quantitative estimate of drug-likeness (QED) is 0.714. The molecule has 27 heavy (non-hydrogen) atoms. The summed E-state index contributed by atoms with van der Waals surface area (Å²) in [5.74, 6) is -3.03. The van der Waals surface area contributed by atoms with Crippen molar-refractivity contribution in [1.82, 2.24) is 19.5 Å². The van der Waals surface area contributed by atoms with Gasteiger partial charge in [-0.2, -0.15) is 8.78 Å². The summed E-state index contributed by atoms with van der Waals surface area (Å²) in [5.41, 5.74) is 1.69. The van der Waals surface area contributed by atoms with Crippen LogP contribution < -0.4 is 10.6 Å². The fraction of sp³-hybridized carbons (Fsp3) is 0.333. The number of pyridine rings is 1. The van der Waals surface area contributed by atoms with Crippen LogP contribution in [0.15, 0.2) is 24.5 Å². The van der Waals surface area contributed by atoms with Crippen molar-refractivity contribution in [2.45, 2.75) is 33.1 Å². The molecule has 0 atom stereocenters. The SMILES string of the molecule is CCc1cn(-c2cc(NC)nc(C(C)(F)F)n2)c2cc(NC(C)=O)ncc12. The summed E-state index contributed by atoms with van der Waals surface area (Å²) < 4.78 is 29.4. The third-order valence-electron chi connectivity index (χ3n) is 4.07. The van der Waals surface area contributed by atoms with Gasteiger partial charge in [-0.3, -0.25) is 4.79 Å². The molecule has 0 saturated heterocycles. The average molecular weight is 374 g/mol. The summed E-state index contributed by atoms with van der Waals surface area (Å²) in [7, 11) is 1.60. The summed E-state index contributed by atoms with van der Waals surface area (Å²) in [5, 5.41) is 6.28. The lowest BCUT2D eigenvalue weighted by molar-refractivity contribution is -0.114. The fourth-order valence-electron chi connectivity index (χ4n) is 2.79. The van der Waals surface area contributed by atoms with E-state index in [1.54, 1.807) is 29.9 Å². The molecule has 3 aromatic heterocycles. The van der Waals surface area contributed by atoms with E-state index in [0.29, 0.717) is 17.2 Å². The van der Waals surface area contributed by atoms with E-state index < -0.39 is 11.7 Å². The number of alkyl halides is 2. The van der Waals surface area contributed by atoms with Gasteiger partial charge in [-0.1, -0.05) is 6.92 Å². The molecule has 0 bridgehead atoms. The Morgan fingerprint density at radius 2 is 2.00 bits per heavy atom. The van der Waals surface area contributed by atoms with Crippen LogP contribution in [0.1, 0.15) is 32.2 Å². The lowest BCUT2D eigenvalue weighted by Crippen LogP contribution is -2.15. The maximum Gasteiger partial charge on any atom is 0.303 e. The topological polar surface area (TPSA) is 84.7 Å². The van der Waals surface area contributed by atoms with E-state index in [2.05, 4.69) is 25.6 Å². The van der Waals surface area contributed by atoms with Crippen molar-refractivity contribution in [2.24, 2.45) is 0 Å². The normalized spacial score (nSPS) is 11.6. The number of hydrogen-bond acceptors (Lipinski definition) is 5. The van der Waals surface area contributed by atoms with Crippen molar-refractivity contribution in [3.63, 3.8) is 0 Å². The number of halogens is 2. The zero-order chi connectivity index (χ0) is 19.8. The lowest BCUT2D eigenvalue weighted by Gasteiger charge is -2.13. The van der Waals surface area contributed by atoms with Crippen LogP contribution in [0, 0.1) is 0 Å². The number of amides is 1. The first-order chi connectivity index (χ1) is 12.7. The molecule has 0 spiro atoms. The van der Waals surface area contributed by atoms with Crippen molar-refractivity contribution in [3.8, 4) is 5.82 Å². The van der Waals surface area contributed by atoms with Crippen molar-refractivity contribution in [3.05, 3.63) is 35.9 Å².